The van der Waals surface area contributed by atoms with Gasteiger partial charge in [-0.2, -0.15) is 0 Å². The molecule has 1 saturated carbocycles. The van der Waals surface area contributed by atoms with Crippen LogP contribution in [0.1, 0.15) is 43.6 Å². The fraction of sp³-hybridized carbons (Fsp3) is 0.650. The number of hydrogen-bond acceptors (Lipinski definition) is 6. The molecule has 0 bridgehead atoms. The van der Waals surface area contributed by atoms with Crippen LogP contribution in [0.5, 0.6) is 5.75 Å². The van der Waals surface area contributed by atoms with Gasteiger partial charge in [-0.1, -0.05) is 0 Å². The lowest BCUT2D eigenvalue weighted by Crippen LogP contribution is -2.46. The Labute approximate surface area is 175 Å². The van der Waals surface area contributed by atoms with Gasteiger partial charge in [0, 0.05) is 23.7 Å². The zero-order valence-corrected chi connectivity index (χ0v) is 17.7. The molecule has 1 saturated heterocycles. The molecule has 0 unspecified atom stereocenters. The van der Waals surface area contributed by atoms with Crippen LogP contribution in [0.4, 0.5) is 8.78 Å². The number of nitrogens with one attached hydrogen (secondary N) is 2. The highest BCUT2D eigenvalue weighted by atomic mass is 32.2. The van der Waals surface area contributed by atoms with Crippen molar-refractivity contribution in [1.29, 1.82) is 0 Å². The number of carbonyl (C=O) groups excluding carboxylic acids is 1. The quantitative estimate of drug-likeness (QED) is 0.563. The van der Waals surface area contributed by atoms with Crippen LogP contribution in [0.2, 0.25) is 0 Å². The van der Waals surface area contributed by atoms with Gasteiger partial charge < -0.3 is 14.8 Å². The summed E-state index contributed by atoms with van der Waals surface area (Å²) in [6.45, 7) is 0.832. The van der Waals surface area contributed by atoms with Gasteiger partial charge in [0.15, 0.2) is 17.9 Å². The van der Waals surface area contributed by atoms with E-state index in [2.05, 4.69) is 10.0 Å². The SMILES string of the molecule is CS(=O)(=O)N[C@H]1CCN[C@H]1CO[C@H]1CC[C@@H](c2cc(F)cc(F)c2OCC=O)CC1. The van der Waals surface area contributed by atoms with Crippen LogP contribution in [0.3, 0.4) is 0 Å². The molecule has 3 rings (SSSR count). The largest absolute Gasteiger partial charge is 0.483 e. The summed E-state index contributed by atoms with van der Waals surface area (Å²) >= 11 is 0. The van der Waals surface area contributed by atoms with Crippen LogP contribution in [0.25, 0.3) is 0 Å². The van der Waals surface area contributed by atoms with E-state index in [4.69, 9.17) is 9.47 Å². The Balaban J connectivity index is 1.55. The lowest BCUT2D eigenvalue weighted by molar-refractivity contribution is -0.109. The number of carbonyl (C=O) groups is 1. The summed E-state index contributed by atoms with van der Waals surface area (Å²) in [7, 11) is -3.28. The van der Waals surface area contributed by atoms with Gasteiger partial charge in [0.1, 0.15) is 12.4 Å². The molecule has 2 atom stereocenters. The minimum atomic E-state index is -3.28. The standard InChI is InChI=1S/C20H28F2N2O5S/c1-30(26,27)24-18-6-7-23-19(18)12-29-15-4-2-13(3-5-15)16-10-14(21)11-17(22)20(16)28-9-8-25/h8,10-11,13,15,18-19,23-24H,2-7,9,12H2,1H3/t13-,15+,18-,19-/m0/s1. The van der Waals surface area contributed by atoms with Crippen molar-refractivity contribution in [3.05, 3.63) is 29.3 Å². The van der Waals surface area contributed by atoms with Gasteiger partial charge in [0.05, 0.1) is 19.0 Å². The van der Waals surface area contributed by atoms with Crippen LogP contribution in [-0.4, -0.2) is 58.9 Å². The van der Waals surface area contributed by atoms with E-state index >= 15 is 0 Å². The summed E-state index contributed by atoms with van der Waals surface area (Å²) < 4.78 is 64.8. The molecule has 7 nitrogen and oxygen atoms in total. The van der Waals surface area contributed by atoms with Crippen LogP contribution in [-0.2, 0) is 19.6 Å². The van der Waals surface area contributed by atoms with E-state index in [1.54, 1.807) is 0 Å². The molecule has 168 valence electrons. The number of rotatable bonds is 9. The maximum atomic E-state index is 14.2. The molecule has 0 aromatic heterocycles. The molecule has 30 heavy (non-hydrogen) atoms. The van der Waals surface area contributed by atoms with E-state index in [0.717, 1.165) is 18.9 Å². The summed E-state index contributed by atoms with van der Waals surface area (Å²) in [4.78, 5) is 10.6. The lowest BCUT2D eigenvalue weighted by Gasteiger charge is -2.31. The lowest BCUT2D eigenvalue weighted by atomic mass is 9.82. The number of benzene rings is 1. The van der Waals surface area contributed by atoms with Gasteiger partial charge in [0.25, 0.3) is 0 Å². The number of sulfonamides is 1. The molecule has 2 fully saturated rings. The third kappa shape index (κ3) is 6.19. The van der Waals surface area contributed by atoms with E-state index in [1.165, 1.54) is 6.07 Å². The molecule has 0 radical (unpaired) electrons. The van der Waals surface area contributed by atoms with Crippen molar-refractivity contribution < 1.29 is 31.5 Å². The fourth-order valence-corrected chi connectivity index (χ4v) is 5.12. The third-order valence-corrected chi connectivity index (χ3v) is 6.40. The predicted octanol–water partition coefficient (Wildman–Crippen LogP) is 1.87. The number of ether oxygens (including phenoxy) is 2. The van der Waals surface area contributed by atoms with Gasteiger partial charge in [-0.25, -0.2) is 21.9 Å². The molecule has 1 aliphatic heterocycles. The first-order valence-electron chi connectivity index (χ1n) is 10.1. The van der Waals surface area contributed by atoms with E-state index in [1.807, 2.05) is 0 Å². The van der Waals surface area contributed by atoms with Crippen molar-refractivity contribution in [3.63, 3.8) is 0 Å². The van der Waals surface area contributed by atoms with Gasteiger partial charge in [-0.15, -0.1) is 0 Å². The Morgan fingerprint density at radius 2 is 1.93 bits per heavy atom. The highest BCUT2D eigenvalue weighted by Gasteiger charge is 2.31. The summed E-state index contributed by atoms with van der Waals surface area (Å²) in [5, 5.41) is 3.26. The monoisotopic (exact) mass is 446 g/mol. The molecule has 1 heterocycles. The average molecular weight is 447 g/mol. The van der Waals surface area contributed by atoms with E-state index in [0.29, 0.717) is 50.6 Å². The van der Waals surface area contributed by atoms with E-state index < -0.39 is 21.7 Å². The molecule has 0 amide bonds. The Morgan fingerprint density at radius 3 is 2.60 bits per heavy atom. The highest BCUT2D eigenvalue weighted by Crippen LogP contribution is 2.40. The fourth-order valence-electron chi connectivity index (χ4n) is 4.29. The van der Waals surface area contributed by atoms with Gasteiger partial charge in [-0.3, -0.25) is 4.79 Å². The zero-order chi connectivity index (χ0) is 21.7. The number of aldehydes is 1. The van der Waals surface area contributed by atoms with Crippen molar-refractivity contribution in [1.82, 2.24) is 10.0 Å². The molecule has 1 aliphatic carbocycles. The Kier molecular flexibility index (Phi) is 7.78. The van der Waals surface area contributed by atoms with Crippen LogP contribution < -0.4 is 14.8 Å². The molecule has 10 heteroatoms. The molecule has 2 aliphatic rings. The second-order valence-corrected chi connectivity index (χ2v) is 9.72. The van der Waals surface area contributed by atoms with Crippen molar-refractivity contribution in [2.24, 2.45) is 0 Å². The maximum Gasteiger partial charge on any atom is 0.209 e. The normalized spacial score (nSPS) is 27.2. The summed E-state index contributed by atoms with van der Waals surface area (Å²) in [5.74, 6) is -1.61. The molecule has 1 aromatic carbocycles. The molecule has 2 N–H and O–H groups in total. The first kappa shape index (κ1) is 23.1. The molecular formula is C20H28F2N2O5S. The van der Waals surface area contributed by atoms with E-state index in [-0.39, 0.29) is 36.5 Å². The molecule has 1 aromatic rings. The van der Waals surface area contributed by atoms with Gasteiger partial charge >= 0.3 is 0 Å². The van der Waals surface area contributed by atoms with Crippen molar-refractivity contribution >= 4 is 16.3 Å². The topological polar surface area (TPSA) is 93.7 Å². The summed E-state index contributed by atoms with van der Waals surface area (Å²) in [6.07, 6.45) is 5.16. The first-order valence-corrected chi connectivity index (χ1v) is 12.0. The highest BCUT2D eigenvalue weighted by molar-refractivity contribution is 7.88. The van der Waals surface area contributed by atoms with Gasteiger partial charge in [0.2, 0.25) is 10.0 Å². The van der Waals surface area contributed by atoms with Crippen LogP contribution in [0, 0.1) is 11.6 Å². The van der Waals surface area contributed by atoms with Crippen molar-refractivity contribution in [3.8, 4) is 5.75 Å². The average Bonchev–Trinajstić information content (AvgIpc) is 3.11. The van der Waals surface area contributed by atoms with Gasteiger partial charge in [-0.05, 0) is 50.6 Å². The maximum absolute atomic E-state index is 14.2. The number of hydrogen-bond donors (Lipinski definition) is 2. The zero-order valence-electron chi connectivity index (χ0n) is 16.9. The van der Waals surface area contributed by atoms with Crippen LogP contribution in [0.15, 0.2) is 12.1 Å². The Bertz CT molecular complexity index is 844. The smallest absolute Gasteiger partial charge is 0.209 e. The predicted molar refractivity (Wildman–Crippen MR) is 107 cm³/mol. The summed E-state index contributed by atoms with van der Waals surface area (Å²) in [5.41, 5.74) is 0.447. The van der Waals surface area contributed by atoms with Crippen molar-refractivity contribution in [2.75, 3.05) is 26.0 Å². The summed E-state index contributed by atoms with van der Waals surface area (Å²) in [6, 6.07) is 1.76. The third-order valence-electron chi connectivity index (χ3n) is 5.67. The second-order valence-electron chi connectivity index (χ2n) is 7.94. The minimum Gasteiger partial charge on any atom is -0.483 e. The number of halogens is 2. The second kappa shape index (κ2) is 10.1. The minimum absolute atomic E-state index is 0.000262. The molecular weight excluding hydrogens is 418 g/mol. The Morgan fingerprint density at radius 1 is 1.20 bits per heavy atom. The van der Waals surface area contributed by atoms with Crippen molar-refractivity contribution in [2.45, 2.75) is 56.2 Å². The van der Waals surface area contributed by atoms with E-state index in [9.17, 15) is 22.0 Å². The first-order chi connectivity index (χ1) is 14.3. The molecule has 0 spiro atoms. The van der Waals surface area contributed by atoms with Crippen LogP contribution >= 0.6 is 0 Å². The Hall–Kier alpha value is -1.62.